The summed E-state index contributed by atoms with van der Waals surface area (Å²) in [5.74, 6) is 3.45. The average molecular weight is 232 g/mol. The average Bonchev–Trinajstić information content (AvgIpc) is 2.34. The van der Waals surface area contributed by atoms with Crippen molar-refractivity contribution in [1.29, 1.82) is 0 Å². The standard InChI is InChI=1S/C13H20N4/c1-5-9-17(6-2)13-8-7-12(15-16-13)10-14-11(3)4/h1,7-8,11,14H,6,9-10H2,2-4H3. The van der Waals surface area contributed by atoms with Crippen molar-refractivity contribution in [2.24, 2.45) is 0 Å². The van der Waals surface area contributed by atoms with E-state index in [0.29, 0.717) is 12.6 Å². The van der Waals surface area contributed by atoms with Gasteiger partial charge in [0.05, 0.1) is 12.2 Å². The van der Waals surface area contributed by atoms with Crippen molar-refractivity contribution in [3.8, 4) is 12.3 Å². The van der Waals surface area contributed by atoms with Crippen LogP contribution in [0.1, 0.15) is 26.5 Å². The van der Waals surface area contributed by atoms with Gasteiger partial charge in [0.15, 0.2) is 5.82 Å². The van der Waals surface area contributed by atoms with E-state index in [-0.39, 0.29) is 0 Å². The molecule has 0 saturated carbocycles. The zero-order chi connectivity index (χ0) is 12.7. The predicted octanol–water partition coefficient (Wildman–Crippen LogP) is 1.43. The molecule has 0 aliphatic rings. The van der Waals surface area contributed by atoms with Gasteiger partial charge in [0.1, 0.15) is 0 Å². The predicted molar refractivity (Wildman–Crippen MR) is 70.7 cm³/mol. The number of nitrogens with zero attached hydrogens (tertiary/aromatic N) is 3. The maximum absolute atomic E-state index is 5.30. The van der Waals surface area contributed by atoms with Crippen LogP contribution in [-0.2, 0) is 6.54 Å². The Morgan fingerprint density at radius 2 is 2.18 bits per heavy atom. The van der Waals surface area contributed by atoms with E-state index in [1.807, 2.05) is 24.0 Å². The van der Waals surface area contributed by atoms with Crippen molar-refractivity contribution >= 4 is 5.82 Å². The molecule has 0 amide bonds. The van der Waals surface area contributed by atoms with Crippen LogP contribution in [0.4, 0.5) is 5.82 Å². The number of hydrogen-bond donors (Lipinski definition) is 1. The van der Waals surface area contributed by atoms with Crippen LogP contribution in [-0.4, -0.2) is 29.3 Å². The maximum Gasteiger partial charge on any atom is 0.152 e. The van der Waals surface area contributed by atoms with Gasteiger partial charge in [0, 0.05) is 19.1 Å². The highest BCUT2D eigenvalue weighted by molar-refractivity contribution is 5.38. The second-order valence-electron chi connectivity index (χ2n) is 4.14. The number of rotatable bonds is 6. The number of nitrogens with one attached hydrogen (secondary N) is 1. The van der Waals surface area contributed by atoms with Crippen LogP contribution in [0.25, 0.3) is 0 Å². The molecule has 4 heteroatoms. The van der Waals surface area contributed by atoms with Crippen molar-refractivity contribution in [2.75, 3.05) is 18.0 Å². The molecule has 1 heterocycles. The van der Waals surface area contributed by atoms with Gasteiger partial charge in [-0.25, -0.2) is 0 Å². The largest absolute Gasteiger partial charge is 0.344 e. The minimum absolute atomic E-state index is 0.449. The molecule has 17 heavy (non-hydrogen) atoms. The molecule has 0 spiro atoms. The Bertz CT molecular complexity index is 364. The highest BCUT2D eigenvalue weighted by Crippen LogP contribution is 2.08. The summed E-state index contributed by atoms with van der Waals surface area (Å²) in [6, 6.07) is 4.40. The van der Waals surface area contributed by atoms with Crippen molar-refractivity contribution < 1.29 is 0 Å². The summed E-state index contributed by atoms with van der Waals surface area (Å²) in [7, 11) is 0. The fourth-order valence-corrected chi connectivity index (χ4v) is 1.39. The van der Waals surface area contributed by atoms with Crippen LogP contribution >= 0.6 is 0 Å². The number of aromatic nitrogens is 2. The minimum Gasteiger partial charge on any atom is -0.344 e. The van der Waals surface area contributed by atoms with Gasteiger partial charge in [0.25, 0.3) is 0 Å². The molecule has 0 aliphatic heterocycles. The summed E-state index contributed by atoms with van der Waals surface area (Å²) in [4.78, 5) is 2.01. The van der Waals surface area contributed by atoms with Crippen LogP contribution in [0.3, 0.4) is 0 Å². The van der Waals surface area contributed by atoms with Crippen molar-refractivity contribution in [1.82, 2.24) is 15.5 Å². The van der Waals surface area contributed by atoms with Crippen molar-refractivity contribution in [3.05, 3.63) is 17.8 Å². The Kier molecular flexibility index (Phi) is 5.44. The van der Waals surface area contributed by atoms with Gasteiger partial charge in [-0.1, -0.05) is 19.8 Å². The van der Waals surface area contributed by atoms with E-state index in [2.05, 4.69) is 35.3 Å². The molecule has 0 atom stereocenters. The number of anilines is 1. The Morgan fingerprint density at radius 1 is 1.41 bits per heavy atom. The smallest absolute Gasteiger partial charge is 0.152 e. The van der Waals surface area contributed by atoms with E-state index in [1.54, 1.807) is 0 Å². The molecule has 0 bridgehead atoms. The monoisotopic (exact) mass is 232 g/mol. The third-order valence-corrected chi connectivity index (χ3v) is 2.38. The first-order valence-corrected chi connectivity index (χ1v) is 5.91. The lowest BCUT2D eigenvalue weighted by atomic mass is 10.3. The number of hydrogen-bond acceptors (Lipinski definition) is 4. The Balaban J connectivity index is 2.63. The summed E-state index contributed by atoms with van der Waals surface area (Å²) in [6.45, 7) is 8.40. The Hall–Kier alpha value is -1.60. The Labute approximate surface area is 103 Å². The second-order valence-corrected chi connectivity index (χ2v) is 4.14. The molecule has 0 fully saturated rings. The van der Waals surface area contributed by atoms with Gasteiger partial charge in [-0.3, -0.25) is 0 Å². The van der Waals surface area contributed by atoms with Gasteiger partial charge in [0.2, 0.25) is 0 Å². The van der Waals surface area contributed by atoms with E-state index in [4.69, 9.17) is 6.42 Å². The molecule has 0 radical (unpaired) electrons. The molecule has 0 aliphatic carbocycles. The third kappa shape index (κ3) is 4.41. The lowest BCUT2D eigenvalue weighted by Crippen LogP contribution is -2.25. The fourth-order valence-electron chi connectivity index (χ4n) is 1.39. The van der Waals surface area contributed by atoms with Crippen LogP contribution in [0.2, 0.25) is 0 Å². The first kappa shape index (κ1) is 13.5. The topological polar surface area (TPSA) is 41.0 Å². The van der Waals surface area contributed by atoms with Gasteiger partial charge in [-0.2, -0.15) is 5.10 Å². The molecule has 4 nitrogen and oxygen atoms in total. The number of terminal acetylenes is 1. The lowest BCUT2D eigenvalue weighted by Gasteiger charge is -2.18. The molecule has 92 valence electrons. The molecule has 1 aromatic heterocycles. The maximum atomic E-state index is 5.30. The summed E-state index contributed by atoms with van der Waals surface area (Å²) < 4.78 is 0. The summed E-state index contributed by atoms with van der Waals surface area (Å²) in [5, 5.41) is 11.7. The highest BCUT2D eigenvalue weighted by atomic mass is 15.3. The lowest BCUT2D eigenvalue weighted by molar-refractivity contribution is 0.577. The first-order valence-electron chi connectivity index (χ1n) is 5.91. The SMILES string of the molecule is C#CCN(CC)c1ccc(CNC(C)C)nn1. The van der Waals surface area contributed by atoms with Crippen LogP contribution in [0.15, 0.2) is 12.1 Å². The van der Waals surface area contributed by atoms with Crippen molar-refractivity contribution in [2.45, 2.75) is 33.4 Å². The normalized spacial score (nSPS) is 10.3. The molecule has 1 N–H and O–H groups in total. The quantitative estimate of drug-likeness (QED) is 0.753. The molecule has 0 saturated heterocycles. The summed E-state index contributed by atoms with van der Waals surface area (Å²) >= 11 is 0. The molecule has 0 unspecified atom stereocenters. The Morgan fingerprint density at radius 3 is 2.65 bits per heavy atom. The molecule has 1 aromatic rings. The second kappa shape index (κ2) is 6.87. The van der Waals surface area contributed by atoms with Crippen LogP contribution < -0.4 is 10.2 Å². The third-order valence-electron chi connectivity index (χ3n) is 2.38. The van der Waals surface area contributed by atoms with Gasteiger partial charge in [-0.05, 0) is 19.1 Å². The van der Waals surface area contributed by atoms with Gasteiger partial charge >= 0.3 is 0 Å². The summed E-state index contributed by atoms with van der Waals surface area (Å²) in [5.41, 5.74) is 0.944. The van der Waals surface area contributed by atoms with E-state index < -0.39 is 0 Å². The summed E-state index contributed by atoms with van der Waals surface area (Å²) in [6.07, 6.45) is 5.30. The zero-order valence-electron chi connectivity index (χ0n) is 10.8. The van der Waals surface area contributed by atoms with E-state index in [9.17, 15) is 0 Å². The minimum atomic E-state index is 0.449. The zero-order valence-corrected chi connectivity index (χ0v) is 10.8. The fraction of sp³-hybridized carbons (Fsp3) is 0.538. The van der Waals surface area contributed by atoms with Gasteiger partial charge < -0.3 is 10.2 Å². The highest BCUT2D eigenvalue weighted by Gasteiger charge is 2.05. The van der Waals surface area contributed by atoms with E-state index in [1.165, 1.54) is 0 Å². The van der Waals surface area contributed by atoms with Gasteiger partial charge in [-0.15, -0.1) is 11.5 Å². The van der Waals surface area contributed by atoms with Crippen molar-refractivity contribution in [3.63, 3.8) is 0 Å². The van der Waals surface area contributed by atoms with Crippen LogP contribution in [0.5, 0.6) is 0 Å². The molecular weight excluding hydrogens is 212 g/mol. The molecular formula is C13H20N4. The van der Waals surface area contributed by atoms with Crippen LogP contribution in [0, 0.1) is 12.3 Å². The van der Waals surface area contributed by atoms with E-state index >= 15 is 0 Å². The molecule has 0 aromatic carbocycles. The van der Waals surface area contributed by atoms with E-state index in [0.717, 1.165) is 24.6 Å². The molecule has 1 rings (SSSR count). The first-order chi connectivity index (χ1) is 8.17.